The Morgan fingerprint density at radius 3 is 2.64 bits per heavy atom. The van der Waals surface area contributed by atoms with Crippen LogP contribution in [0.3, 0.4) is 0 Å². The van der Waals surface area contributed by atoms with E-state index in [0.717, 1.165) is 16.9 Å². The van der Waals surface area contributed by atoms with Crippen LogP contribution < -0.4 is 10.6 Å². The molecule has 2 amide bonds. The number of hydrogen-bond donors (Lipinski definition) is 3. The van der Waals surface area contributed by atoms with Gasteiger partial charge in [0, 0.05) is 36.9 Å². The molecule has 1 aliphatic heterocycles. The Labute approximate surface area is 146 Å². The molecule has 0 aliphatic carbocycles. The highest BCUT2D eigenvalue weighted by Crippen LogP contribution is 2.16. The van der Waals surface area contributed by atoms with Gasteiger partial charge in [-0.1, -0.05) is 12.1 Å². The first kappa shape index (κ1) is 17.2. The maximum Gasteiger partial charge on any atom is 0.317 e. The summed E-state index contributed by atoms with van der Waals surface area (Å²) in [4.78, 5) is 17.9. The average molecular weight is 342 g/mol. The maximum absolute atomic E-state index is 12.2. The molecule has 3 N–H and O–H groups in total. The van der Waals surface area contributed by atoms with Crippen molar-refractivity contribution in [3.8, 4) is 0 Å². The molecule has 1 aromatic heterocycles. The lowest BCUT2D eigenvalue weighted by molar-refractivity contribution is -0.0403. The molecule has 7 heteroatoms. The van der Waals surface area contributed by atoms with E-state index in [9.17, 15) is 4.79 Å². The zero-order valence-electron chi connectivity index (χ0n) is 13.9. The highest BCUT2D eigenvalue weighted by Gasteiger charge is 2.23. The second-order valence-electron chi connectivity index (χ2n) is 5.84. The van der Waals surface area contributed by atoms with Gasteiger partial charge in [0.25, 0.3) is 0 Å². The molecule has 1 aliphatic rings. The smallest absolute Gasteiger partial charge is 0.317 e. The van der Waals surface area contributed by atoms with Crippen LogP contribution in [0, 0.1) is 0 Å². The van der Waals surface area contributed by atoms with Crippen LogP contribution in [0.5, 0.6) is 0 Å². The monoisotopic (exact) mass is 342 g/mol. The third-order valence-corrected chi connectivity index (χ3v) is 4.00. The Morgan fingerprint density at radius 2 is 1.92 bits per heavy atom. The summed E-state index contributed by atoms with van der Waals surface area (Å²) in [5.41, 5.74) is 2.96. The molecule has 1 atom stereocenters. The minimum atomic E-state index is -0.293. The first-order chi connectivity index (χ1) is 12.2. The van der Waals surface area contributed by atoms with Crippen molar-refractivity contribution in [1.82, 2.24) is 15.2 Å². The Kier molecular flexibility index (Phi) is 5.81. The van der Waals surface area contributed by atoms with Crippen molar-refractivity contribution in [3.63, 3.8) is 0 Å². The number of ether oxygens (including phenoxy) is 1. The van der Waals surface area contributed by atoms with E-state index >= 15 is 0 Å². The van der Waals surface area contributed by atoms with Crippen LogP contribution in [0.1, 0.15) is 5.56 Å². The van der Waals surface area contributed by atoms with Crippen molar-refractivity contribution in [1.29, 1.82) is 0 Å². The summed E-state index contributed by atoms with van der Waals surface area (Å²) in [5.74, 6) is 0. The van der Waals surface area contributed by atoms with E-state index in [0.29, 0.717) is 26.2 Å². The molecule has 132 valence electrons. The fourth-order valence-electron chi connectivity index (χ4n) is 2.61. The first-order valence-electron chi connectivity index (χ1n) is 8.26. The second-order valence-corrected chi connectivity index (χ2v) is 5.84. The van der Waals surface area contributed by atoms with Crippen molar-refractivity contribution in [2.75, 3.05) is 31.6 Å². The number of nitrogens with one attached hydrogen (secondary N) is 2. The number of hydrogen-bond acceptors (Lipinski definition) is 5. The molecule has 7 nitrogen and oxygen atoms in total. The van der Waals surface area contributed by atoms with Gasteiger partial charge in [-0.15, -0.1) is 0 Å². The number of aliphatic hydroxyl groups excluding tert-OH is 1. The number of morpholine rings is 1. The maximum atomic E-state index is 12.2. The number of urea groups is 1. The largest absolute Gasteiger partial charge is 0.394 e. The zero-order valence-corrected chi connectivity index (χ0v) is 13.9. The summed E-state index contributed by atoms with van der Waals surface area (Å²) in [5, 5.41) is 15.3. The number of carbonyl (C=O) groups is 1. The fourth-order valence-corrected chi connectivity index (χ4v) is 2.61. The zero-order chi connectivity index (χ0) is 17.5. The number of pyridine rings is 1. The Morgan fingerprint density at radius 1 is 1.20 bits per heavy atom. The van der Waals surface area contributed by atoms with E-state index in [4.69, 9.17) is 9.84 Å². The van der Waals surface area contributed by atoms with Crippen molar-refractivity contribution < 1.29 is 14.6 Å². The molecule has 3 rings (SSSR count). The minimum absolute atomic E-state index is 0.0737. The van der Waals surface area contributed by atoms with Crippen molar-refractivity contribution in [2.24, 2.45) is 0 Å². The third kappa shape index (κ3) is 4.91. The molecule has 2 heterocycles. The Balaban J connectivity index is 1.49. The van der Waals surface area contributed by atoms with Crippen LogP contribution in [0.2, 0.25) is 0 Å². The lowest BCUT2D eigenvalue weighted by atomic mass is 10.2. The summed E-state index contributed by atoms with van der Waals surface area (Å²) in [6.07, 6.45) is 3.18. The van der Waals surface area contributed by atoms with Gasteiger partial charge in [0.15, 0.2) is 0 Å². The van der Waals surface area contributed by atoms with Gasteiger partial charge in [-0.3, -0.25) is 4.98 Å². The van der Waals surface area contributed by atoms with Crippen molar-refractivity contribution in [3.05, 3.63) is 54.4 Å². The van der Waals surface area contributed by atoms with Crippen LogP contribution in [0.15, 0.2) is 48.8 Å². The summed E-state index contributed by atoms with van der Waals surface area (Å²) < 4.78 is 5.35. The lowest BCUT2D eigenvalue weighted by Gasteiger charge is -2.32. The highest BCUT2D eigenvalue weighted by molar-refractivity contribution is 5.74. The van der Waals surface area contributed by atoms with E-state index in [-0.39, 0.29) is 18.7 Å². The van der Waals surface area contributed by atoms with E-state index in [1.807, 2.05) is 36.4 Å². The van der Waals surface area contributed by atoms with E-state index < -0.39 is 0 Å². The highest BCUT2D eigenvalue weighted by atomic mass is 16.5. The van der Waals surface area contributed by atoms with Gasteiger partial charge in [0.05, 0.1) is 25.9 Å². The Hall–Kier alpha value is -2.64. The van der Waals surface area contributed by atoms with Gasteiger partial charge in [-0.2, -0.15) is 0 Å². The SMILES string of the molecule is O=C(NCc1ccc(Nc2ccncc2)cc1)N1CCO[C@@H](CO)C1. The van der Waals surface area contributed by atoms with E-state index in [1.165, 1.54) is 0 Å². The minimum Gasteiger partial charge on any atom is -0.394 e. The van der Waals surface area contributed by atoms with Gasteiger partial charge in [0.1, 0.15) is 0 Å². The van der Waals surface area contributed by atoms with Crippen LogP contribution in [-0.4, -0.2) is 53.4 Å². The molecule has 1 fully saturated rings. The van der Waals surface area contributed by atoms with Crippen LogP contribution >= 0.6 is 0 Å². The molecule has 0 saturated carbocycles. The summed E-state index contributed by atoms with van der Waals surface area (Å²) >= 11 is 0. The standard InChI is InChI=1S/C18H22N4O3/c23-13-17-12-22(9-10-25-17)18(24)20-11-14-1-3-15(4-2-14)21-16-5-7-19-8-6-16/h1-8,17,23H,9-13H2,(H,19,21)(H,20,24)/t17-/m1/s1. The quantitative estimate of drug-likeness (QED) is 0.770. The van der Waals surface area contributed by atoms with Crippen LogP contribution in [0.4, 0.5) is 16.2 Å². The van der Waals surface area contributed by atoms with Gasteiger partial charge in [-0.05, 0) is 29.8 Å². The molecule has 0 spiro atoms. The van der Waals surface area contributed by atoms with Crippen molar-refractivity contribution >= 4 is 17.4 Å². The number of rotatable bonds is 5. The summed E-state index contributed by atoms with van der Waals surface area (Å²) in [7, 11) is 0. The second kappa shape index (κ2) is 8.46. The van der Waals surface area contributed by atoms with Gasteiger partial charge >= 0.3 is 6.03 Å². The fraction of sp³-hybridized carbons (Fsp3) is 0.333. The third-order valence-electron chi connectivity index (χ3n) is 4.00. The predicted octanol–water partition coefficient (Wildman–Crippen LogP) is 1.73. The van der Waals surface area contributed by atoms with Crippen molar-refractivity contribution in [2.45, 2.75) is 12.6 Å². The topological polar surface area (TPSA) is 86.7 Å². The molecule has 0 unspecified atom stereocenters. The lowest BCUT2D eigenvalue weighted by Crippen LogP contribution is -2.50. The average Bonchev–Trinajstić information content (AvgIpc) is 2.68. The summed E-state index contributed by atoms with van der Waals surface area (Å²) in [6, 6.07) is 11.5. The summed E-state index contributed by atoms with van der Waals surface area (Å²) in [6.45, 7) is 1.79. The van der Waals surface area contributed by atoms with Crippen LogP contribution in [0.25, 0.3) is 0 Å². The van der Waals surface area contributed by atoms with Gasteiger partial charge in [-0.25, -0.2) is 4.79 Å². The molecule has 1 saturated heterocycles. The molecule has 1 aromatic carbocycles. The van der Waals surface area contributed by atoms with E-state index in [2.05, 4.69) is 15.6 Å². The number of amides is 2. The van der Waals surface area contributed by atoms with Gasteiger partial charge in [0.2, 0.25) is 0 Å². The molecular formula is C18H22N4O3. The number of carbonyl (C=O) groups excluding carboxylic acids is 1. The molecule has 2 aromatic rings. The Bertz CT molecular complexity index is 678. The van der Waals surface area contributed by atoms with Crippen LogP contribution in [-0.2, 0) is 11.3 Å². The number of aliphatic hydroxyl groups is 1. The number of aromatic nitrogens is 1. The normalized spacial score (nSPS) is 17.2. The van der Waals surface area contributed by atoms with E-state index in [1.54, 1.807) is 17.3 Å². The molecule has 0 bridgehead atoms. The molecule has 0 radical (unpaired) electrons. The first-order valence-corrected chi connectivity index (χ1v) is 8.26. The number of nitrogens with zero attached hydrogens (tertiary/aromatic N) is 2. The predicted molar refractivity (Wildman–Crippen MR) is 94.6 cm³/mol. The van der Waals surface area contributed by atoms with Gasteiger partial charge < -0.3 is 25.4 Å². The molecular weight excluding hydrogens is 320 g/mol. The number of anilines is 2. The number of benzene rings is 1. The molecule has 25 heavy (non-hydrogen) atoms.